The molecule has 0 atom stereocenters. The number of aromatic amines is 1. The number of hydrogen-bond acceptors (Lipinski definition) is 4. The van der Waals surface area contributed by atoms with Crippen LogP contribution in [0, 0.1) is 6.92 Å². The van der Waals surface area contributed by atoms with Gasteiger partial charge in [0.25, 0.3) is 17.0 Å². The Balaban J connectivity index is 1.65. The second kappa shape index (κ2) is 5.83. The molecule has 0 aliphatic carbocycles. The van der Waals surface area contributed by atoms with Crippen molar-refractivity contribution < 1.29 is 4.79 Å². The van der Waals surface area contributed by atoms with Crippen LogP contribution in [0.1, 0.15) is 27.6 Å². The van der Waals surface area contributed by atoms with E-state index in [-0.39, 0.29) is 35.8 Å². The third-order valence-corrected chi connectivity index (χ3v) is 4.64. The first-order valence-electron chi connectivity index (χ1n) is 8.18. The molecule has 0 bridgehead atoms. The fourth-order valence-electron chi connectivity index (χ4n) is 3.12. The number of aromatic nitrogens is 4. The van der Waals surface area contributed by atoms with E-state index in [1.807, 2.05) is 18.2 Å². The molecule has 0 unspecified atom stereocenters. The van der Waals surface area contributed by atoms with Gasteiger partial charge in [0.05, 0.1) is 30.0 Å². The lowest BCUT2D eigenvalue weighted by Crippen LogP contribution is -2.28. The van der Waals surface area contributed by atoms with Crippen LogP contribution in [0.4, 0.5) is 0 Å². The Morgan fingerprint density at radius 3 is 2.62 bits per heavy atom. The zero-order valence-corrected chi connectivity index (χ0v) is 14.4. The van der Waals surface area contributed by atoms with Gasteiger partial charge in [-0.1, -0.05) is 18.2 Å². The molecule has 0 saturated carbocycles. The number of benzene rings is 1. The van der Waals surface area contributed by atoms with Crippen molar-refractivity contribution in [3.8, 4) is 5.69 Å². The number of fused-ring (bicyclic) bond motifs is 1. The van der Waals surface area contributed by atoms with Crippen LogP contribution >= 0.6 is 0 Å². The number of rotatable bonds is 2. The van der Waals surface area contributed by atoms with Crippen molar-refractivity contribution in [1.82, 2.24) is 24.2 Å². The highest BCUT2D eigenvalue weighted by molar-refractivity contribution is 5.92. The number of carbonyl (C=O) groups is 1. The van der Waals surface area contributed by atoms with Gasteiger partial charge in [0.15, 0.2) is 0 Å². The molecule has 0 fully saturated rings. The lowest BCUT2D eigenvalue weighted by molar-refractivity contribution is 0.0743. The maximum atomic E-state index is 12.8. The van der Waals surface area contributed by atoms with E-state index < -0.39 is 0 Å². The third kappa shape index (κ3) is 2.46. The first kappa shape index (κ1) is 16.1. The number of nitrogens with zero attached hydrogens (tertiary/aromatic N) is 4. The molecule has 1 N–H and O–H groups in total. The summed E-state index contributed by atoms with van der Waals surface area (Å²) >= 11 is 0. The Hall–Kier alpha value is -3.42. The minimum Gasteiger partial charge on any atom is -0.327 e. The van der Waals surface area contributed by atoms with Crippen LogP contribution < -0.4 is 11.1 Å². The van der Waals surface area contributed by atoms with Crippen LogP contribution in [0.15, 0.2) is 46.0 Å². The monoisotopic (exact) mass is 351 g/mol. The number of para-hydroxylation sites is 1. The number of amides is 1. The second-order valence-electron chi connectivity index (χ2n) is 6.29. The van der Waals surface area contributed by atoms with Gasteiger partial charge in [-0.15, -0.1) is 0 Å². The van der Waals surface area contributed by atoms with Crippen molar-refractivity contribution in [2.24, 2.45) is 7.05 Å². The summed E-state index contributed by atoms with van der Waals surface area (Å²) in [6.07, 6.45) is 0. The lowest BCUT2D eigenvalue weighted by atomic mass is 10.2. The molecule has 1 aliphatic heterocycles. The Bertz CT molecular complexity index is 1120. The third-order valence-electron chi connectivity index (χ3n) is 4.64. The minimum absolute atomic E-state index is 0.141. The van der Waals surface area contributed by atoms with Gasteiger partial charge >= 0.3 is 0 Å². The van der Waals surface area contributed by atoms with Gasteiger partial charge in [-0.3, -0.25) is 24.0 Å². The topological polar surface area (TPSA) is 93.0 Å². The first-order valence-corrected chi connectivity index (χ1v) is 8.18. The number of H-pyrrole nitrogens is 1. The van der Waals surface area contributed by atoms with Crippen LogP contribution in [0.5, 0.6) is 0 Å². The van der Waals surface area contributed by atoms with Gasteiger partial charge in [-0.25, -0.2) is 9.67 Å². The molecular weight excluding hydrogens is 334 g/mol. The van der Waals surface area contributed by atoms with E-state index >= 15 is 0 Å². The minimum atomic E-state index is -0.338. The molecule has 0 radical (unpaired) electrons. The molecule has 4 rings (SSSR count). The van der Waals surface area contributed by atoms with Crippen molar-refractivity contribution in [2.75, 3.05) is 0 Å². The van der Waals surface area contributed by atoms with Crippen molar-refractivity contribution in [3.63, 3.8) is 0 Å². The van der Waals surface area contributed by atoms with Crippen molar-refractivity contribution in [1.29, 1.82) is 0 Å². The highest BCUT2D eigenvalue weighted by Gasteiger charge is 2.29. The number of carbonyl (C=O) groups excluding carboxylic acids is 1. The van der Waals surface area contributed by atoms with Gasteiger partial charge in [-0.2, -0.15) is 0 Å². The van der Waals surface area contributed by atoms with Crippen molar-refractivity contribution in [3.05, 3.63) is 79.9 Å². The van der Waals surface area contributed by atoms with E-state index in [1.165, 1.54) is 20.2 Å². The smallest absolute Gasteiger partial charge is 0.272 e. The number of nitrogens with one attached hydrogen (secondary N) is 1. The van der Waals surface area contributed by atoms with Crippen LogP contribution in [0.3, 0.4) is 0 Å². The summed E-state index contributed by atoms with van der Waals surface area (Å²) < 4.78 is 2.79. The lowest BCUT2D eigenvalue weighted by Gasteiger charge is -2.13. The fourth-order valence-corrected chi connectivity index (χ4v) is 3.12. The molecule has 1 amide bonds. The zero-order valence-electron chi connectivity index (χ0n) is 14.4. The molecular formula is C18H17N5O3. The molecule has 3 aromatic rings. The van der Waals surface area contributed by atoms with Gasteiger partial charge < -0.3 is 4.90 Å². The second-order valence-corrected chi connectivity index (χ2v) is 6.29. The fraction of sp³-hybridized carbons (Fsp3) is 0.222. The van der Waals surface area contributed by atoms with E-state index in [0.717, 1.165) is 0 Å². The average molecular weight is 351 g/mol. The van der Waals surface area contributed by atoms with Gasteiger partial charge in [0.1, 0.15) is 11.5 Å². The molecule has 8 heteroatoms. The summed E-state index contributed by atoms with van der Waals surface area (Å²) in [6, 6.07) is 10.3. The normalized spacial score (nSPS) is 13.1. The maximum Gasteiger partial charge on any atom is 0.272 e. The summed E-state index contributed by atoms with van der Waals surface area (Å²) in [6.45, 7) is 2.19. The quantitative estimate of drug-likeness (QED) is 0.736. The highest BCUT2D eigenvalue weighted by Crippen LogP contribution is 2.20. The predicted octanol–water partition coefficient (Wildman–Crippen LogP) is 0.724. The van der Waals surface area contributed by atoms with E-state index in [0.29, 0.717) is 22.8 Å². The summed E-state index contributed by atoms with van der Waals surface area (Å²) in [5.74, 6) is 0.265. The van der Waals surface area contributed by atoms with Crippen LogP contribution in [-0.4, -0.2) is 30.1 Å². The molecule has 2 aromatic heterocycles. The molecule has 132 valence electrons. The highest BCUT2D eigenvalue weighted by atomic mass is 16.2. The van der Waals surface area contributed by atoms with Gasteiger partial charge in [0.2, 0.25) is 0 Å². The summed E-state index contributed by atoms with van der Waals surface area (Å²) in [5, 5.41) is 2.85. The van der Waals surface area contributed by atoms with E-state index in [1.54, 1.807) is 26.1 Å². The predicted molar refractivity (Wildman–Crippen MR) is 94.2 cm³/mol. The first-order chi connectivity index (χ1) is 12.5. The largest absolute Gasteiger partial charge is 0.327 e. The average Bonchev–Trinajstić information content (AvgIpc) is 3.24. The molecule has 1 aliphatic rings. The molecule has 26 heavy (non-hydrogen) atoms. The van der Waals surface area contributed by atoms with Crippen LogP contribution in [0.25, 0.3) is 5.69 Å². The molecule has 8 nitrogen and oxygen atoms in total. The van der Waals surface area contributed by atoms with E-state index in [4.69, 9.17) is 0 Å². The Labute approximate surface area is 148 Å². The Morgan fingerprint density at radius 2 is 1.88 bits per heavy atom. The summed E-state index contributed by atoms with van der Waals surface area (Å²) in [7, 11) is 1.66. The summed E-state index contributed by atoms with van der Waals surface area (Å²) in [4.78, 5) is 43.3. The number of aryl methyl sites for hydroxylation is 1. The SMILES string of the molecule is Cc1nc2c(c(=O)n1C)CN(C(=O)c1cc(=O)n(-c3ccccc3)[nH]1)C2. The molecule has 0 spiro atoms. The van der Waals surface area contributed by atoms with Crippen LogP contribution in [0.2, 0.25) is 0 Å². The Kier molecular flexibility index (Phi) is 3.61. The summed E-state index contributed by atoms with van der Waals surface area (Å²) in [5.41, 5.74) is 1.51. The zero-order chi connectivity index (χ0) is 18.4. The standard InChI is InChI=1S/C18H17N5O3/c1-11-19-15-10-22(9-13(15)17(25)21(11)2)18(26)14-8-16(24)23(20-14)12-6-4-3-5-7-12/h3-8,20H,9-10H2,1-2H3. The van der Waals surface area contributed by atoms with E-state index in [2.05, 4.69) is 10.1 Å². The van der Waals surface area contributed by atoms with Gasteiger partial charge in [0, 0.05) is 13.1 Å². The van der Waals surface area contributed by atoms with Gasteiger partial charge in [-0.05, 0) is 19.1 Å². The molecule has 3 heterocycles. The van der Waals surface area contributed by atoms with Crippen LogP contribution in [-0.2, 0) is 20.1 Å². The molecule has 1 aromatic carbocycles. The molecule has 0 saturated heterocycles. The van der Waals surface area contributed by atoms with E-state index in [9.17, 15) is 14.4 Å². The maximum absolute atomic E-state index is 12.8. The van der Waals surface area contributed by atoms with Crippen molar-refractivity contribution >= 4 is 5.91 Å². The van der Waals surface area contributed by atoms with Crippen molar-refractivity contribution in [2.45, 2.75) is 20.0 Å². The number of hydrogen-bond donors (Lipinski definition) is 1. The Morgan fingerprint density at radius 1 is 1.15 bits per heavy atom.